The maximum absolute atomic E-state index is 3.50. The van der Waals surface area contributed by atoms with Gasteiger partial charge in [-0.1, -0.05) is 13.3 Å². The summed E-state index contributed by atoms with van der Waals surface area (Å²) in [5.74, 6) is 0. The average molecular weight is 280 g/mol. The minimum Gasteiger partial charge on any atom is -0.312 e. The van der Waals surface area contributed by atoms with Crippen molar-refractivity contribution >= 4 is 11.3 Å². The Bertz CT molecular complexity index is 386. The van der Waals surface area contributed by atoms with Gasteiger partial charge in [-0.2, -0.15) is 0 Å². The zero-order valence-corrected chi connectivity index (χ0v) is 13.5. The normalized spacial score (nSPS) is 20.9. The number of nitrogens with zero attached hydrogens (tertiary/aromatic N) is 1. The molecular formula is C16H28N2S. The van der Waals surface area contributed by atoms with Crippen LogP contribution in [0.2, 0.25) is 0 Å². The Hall–Kier alpha value is -0.380. The Balaban J connectivity index is 1.92. The molecule has 0 saturated carbocycles. The molecule has 1 saturated heterocycles. The number of piperidine rings is 1. The fourth-order valence-corrected chi connectivity index (χ4v) is 3.85. The van der Waals surface area contributed by atoms with E-state index in [0.717, 1.165) is 25.7 Å². The number of hydrogen-bond acceptors (Lipinski definition) is 3. The van der Waals surface area contributed by atoms with Crippen LogP contribution in [-0.4, -0.2) is 24.0 Å². The lowest BCUT2D eigenvalue weighted by Gasteiger charge is -2.33. The number of likely N-dealkylation sites (tertiary alicyclic amines) is 1. The second-order valence-corrected chi connectivity index (χ2v) is 7.13. The summed E-state index contributed by atoms with van der Waals surface area (Å²) in [5.41, 5.74) is 1.55. The van der Waals surface area contributed by atoms with Crippen LogP contribution in [0.1, 0.15) is 54.8 Å². The van der Waals surface area contributed by atoms with Gasteiger partial charge in [0.1, 0.15) is 0 Å². The molecule has 2 nitrogen and oxygen atoms in total. The quantitative estimate of drug-likeness (QED) is 0.794. The molecule has 0 radical (unpaired) electrons. The molecule has 0 aromatic carbocycles. The van der Waals surface area contributed by atoms with E-state index >= 15 is 0 Å². The van der Waals surface area contributed by atoms with Crippen molar-refractivity contribution < 1.29 is 0 Å². The van der Waals surface area contributed by atoms with E-state index in [0.29, 0.717) is 0 Å². The molecule has 1 fully saturated rings. The van der Waals surface area contributed by atoms with Crippen LogP contribution in [0, 0.1) is 6.92 Å². The monoisotopic (exact) mass is 280 g/mol. The number of hydrogen-bond donors (Lipinski definition) is 1. The van der Waals surface area contributed by atoms with E-state index in [-0.39, 0.29) is 0 Å². The number of thiophene rings is 1. The van der Waals surface area contributed by atoms with E-state index in [1.165, 1.54) is 42.0 Å². The van der Waals surface area contributed by atoms with Crippen LogP contribution in [0.4, 0.5) is 0 Å². The van der Waals surface area contributed by atoms with Gasteiger partial charge in [0.25, 0.3) is 0 Å². The van der Waals surface area contributed by atoms with Crippen LogP contribution >= 0.6 is 11.3 Å². The van der Waals surface area contributed by atoms with Crippen LogP contribution in [-0.2, 0) is 13.1 Å². The van der Waals surface area contributed by atoms with Gasteiger partial charge in [-0.15, -0.1) is 11.3 Å². The maximum Gasteiger partial charge on any atom is 0.0299 e. The molecule has 2 heterocycles. The van der Waals surface area contributed by atoms with Crippen molar-refractivity contribution in [2.24, 2.45) is 0 Å². The first-order valence-corrected chi connectivity index (χ1v) is 8.55. The van der Waals surface area contributed by atoms with Crippen LogP contribution in [0.15, 0.2) is 6.07 Å². The van der Waals surface area contributed by atoms with Crippen molar-refractivity contribution in [3.63, 3.8) is 0 Å². The Kier molecular flexibility index (Phi) is 5.86. The van der Waals surface area contributed by atoms with E-state index < -0.39 is 0 Å². The molecule has 3 heteroatoms. The SMILES string of the molecule is CCCNCc1cc(CN2CCCCC2C)c(C)s1. The van der Waals surface area contributed by atoms with Gasteiger partial charge >= 0.3 is 0 Å². The van der Waals surface area contributed by atoms with Gasteiger partial charge < -0.3 is 5.32 Å². The molecule has 0 amide bonds. The van der Waals surface area contributed by atoms with E-state index in [2.05, 4.69) is 37.1 Å². The highest BCUT2D eigenvalue weighted by molar-refractivity contribution is 7.12. The highest BCUT2D eigenvalue weighted by atomic mass is 32.1. The third kappa shape index (κ3) is 4.30. The highest BCUT2D eigenvalue weighted by Crippen LogP contribution is 2.26. The lowest BCUT2D eigenvalue weighted by molar-refractivity contribution is 0.152. The summed E-state index contributed by atoms with van der Waals surface area (Å²) < 4.78 is 0. The summed E-state index contributed by atoms with van der Waals surface area (Å²) in [5, 5.41) is 3.50. The predicted molar refractivity (Wildman–Crippen MR) is 84.8 cm³/mol. The van der Waals surface area contributed by atoms with Gasteiger partial charge in [0.2, 0.25) is 0 Å². The largest absolute Gasteiger partial charge is 0.312 e. The first-order valence-electron chi connectivity index (χ1n) is 7.73. The molecule has 1 aromatic heterocycles. The van der Waals surface area contributed by atoms with E-state index in [1.807, 2.05) is 11.3 Å². The van der Waals surface area contributed by atoms with Crippen molar-refractivity contribution in [3.05, 3.63) is 21.4 Å². The summed E-state index contributed by atoms with van der Waals surface area (Å²) in [7, 11) is 0. The lowest BCUT2D eigenvalue weighted by atomic mass is 10.0. The number of aryl methyl sites for hydroxylation is 1. The molecule has 0 bridgehead atoms. The first kappa shape index (κ1) is 15.0. The van der Waals surface area contributed by atoms with Gasteiger partial charge in [0, 0.05) is 28.9 Å². The Morgan fingerprint density at radius 1 is 1.42 bits per heavy atom. The van der Waals surface area contributed by atoms with Crippen molar-refractivity contribution in [1.29, 1.82) is 0 Å². The Morgan fingerprint density at radius 2 is 2.26 bits per heavy atom. The van der Waals surface area contributed by atoms with Crippen LogP contribution in [0.25, 0.3) is 0 Å². The summed E-state index contributed by atoms with van der Waals surface area (Å²) in [6.07, 6.45) is 5.36. The molecule has 1 N–H and O–H groups in total. The Labute approximate surface area is 122 Å². The summed E-state index contributed by atoms with van der Waals surface area (Å²) in [6, 6.07) is 3.18. The molecule has 1 aliphatic rings. The zero-order chi connectivity index (χ0) is 13.7. The molecule has 2 rings (SSSR count). The van der Waals surface area contributed by atoms with Crippen molar-refractivity contribution in [2.75, 3.05) is 13.1 Å². The molecule has 108 valence electrons. The standard InChI is InChI=1S/C16H28N2S/c1-4-8-17-11-16-10-15(14(3)19-16)12-18-9-6-5-7-13(18)2/h10,13,17H,4-9,11-12H2,1-3H3. The third-order valence-electron chi connectivity index (χ3n) is 4.11. The van der Waals surface area contributed by atoms with Crippen molar-refractivity contribution in [3.8, 4) is 0 Å². The fourth-order valence-electron chi connectivity index (χ4n) is 2.83. The van der Waals surface area contributed by atoms with E-state index in [1.54, 1.807) is 5.56 Å². The van der Waals surface area contributed by atoms with Gasteiger partial charge in [-0.3, -0.25) is 4.90 Å². The second-order valence-electron chi connectivity index (χ2n) is 5.79. The molecular weight excluding hydrogens is 252 g/mol. The van der Waals surface area contributed by atoms with E-state index in [9.17, 15) is 0 Å². The molecule has 0 spiro atoms. The number of nitrogens with one attached hydrogen (secondary N) is 1. The molecule has 1 aliphatic heterocycles. The smallest absolute Gasteiger partial charge is 0.0299 e. The van der Waals surface area contributed by atoms with E-state index in [4.69, 9.17) is 0 Å². The third-order valence-corrected chi connectivity index (χ3v) is 5.20. The summed E-state index contributed by atoms with van der Waals surface area (Å²) >= 11 is 1.97. The maximum atomic E-state index is 3.50. The fraction of sp³-hybridized carbons (Fsp3) is 0.750. The minimum absolute atomic E-state index is 0.759. The Morgan fingerprint density at radius 3 is 3.00 bits per heavy atom. The van der Waals surface area contributed by atoms with Gasteiger partial charge in [0.05, 0.1) is 0 Å². The number of rotatable bonds is 6. The van der Waals surface area contributed by atoms with Gasteiger partial charge in [-0.05, 0) is 57.8 Å². The second kappa shape index (κ2) is 7.41. The van der Waals surface area contributed by atoms with Crippen LogP contribution in [0.3, 0.4) is 0 Å². The van der Waals surface area contributed by atoms with Crippen molar-refractivity contribution in [2.45, 2.75) is 65.6 Å². The minimum atomic E-state index is 0.759. The van der Waals surface area contributed by atoms with Gasteiger partial charge in [0.15, 0.2) is 0 Å². The summed E-state index contributed by atoms with van der Waals surface area (Å²) in [6.45, 7) is 11.5. The molecule has 0 aliphatic carbocycles. The molecule has 1 unspecified atom stereocenters. The first-order chi connectivity index (χ1) is 9.20. The van der Waals surface area contributed by atoms with Gasteiger partial charge in [-0.25, -0.2) is 0 Å². The topological polar surface area (TPSA) is 15.3 Å². The van der Waals surface area contributed by atoms with Crippen LogP contribution < -0.4 is 5.32 Å². The lowest BCUT2D eigenvalue weighted by Crippen LogP contribution is -2.36. The molecule has 1 atom stereocenters. The summed E-state index contributed by atoms with van der Waals surface area (Å²) in [4.78, 5) is 5.65. The average Bonchev–Trinajstić information content (AvgIpc) is 2.73. The molecule has 1 aromatic rings. The van der Waals surface area contributed by atoms with Crippen LogP contribution in [0.5, 0.6) is 0 Å². The zero-order valence-electron chi connectivity index (χ0n) is 12.7. The van der Waals surface area contributed by atoms with Crippen molar-refractivity contribution in [1.82, 2.24) is 10.2 Å². The predicted octanol–water partition coefficient (Wildman–Crippen LogP) is 3.93. The highest BCUT2D eigenvalue weighted by Gasteiger charge is 2.19. The molecule has 19 heavy (non-hydrogen) atoms.